The molecule has 0 radical (unpaired) electrons. The van der Waals surface area contributed by atoms with Gasteiger partial charge in [0.05, 0.1) is 6.04 Å². The number of nitrogens with zero attached hydrogens (tertiary/aromatic N) is 3. The van der Waals surface area contributed by atoms with E-state index >= 15 is 0 Å². The van der Waals surface area contributed by atoms with Crippen LogP contribution in [-0.4, -0.2) is 21.4 Å². The SMILES string of the molecule is NC1COc2cc(OCc3nnc4n3CCCC4)ccc21. The first-order chi connectivity index (χ1) is 10.3. The van der Waals surface area contributed by atoms with E-state index in [0.717, 1.165) is 41.7 Å². The molecule has 0 saturated heterocycles. The maximum Gasteiger partial charge on any atom is 0.171 e. The van der Waals surface area contributed by atoms with Crippen molar-refractivity contribution in [2.75, 3.05) is 6.61 Å². The molecule has 2 aromatic rings. The Bertz CT molecular complexity index is 668. The van der Waals surface area contributed by atoms with Crippen molar-refractivity contribution in [3.63, 3.8) is 0 Å². The molecule has 0 amide bonds. The van der Waals surface area contributed by atoms with Crippen LogP contribution in [-0.2, 0) is 19.6 Å². The van der Waals surface area contributed by atoms with Gasteiger partial charge in [-0.2, -0.15) is 0 Å². The Labute approximate surface area is 122 Å². The molecule has 21 heavy (non-hydrogen) atoms. The topological polar surface area (TPSA) is 75.2 Å². The molecule has 0 saturated carbocycles. The van der Waals surface area contributed by atoms with Crippen LogP contribution in [0.25, 0.3) is 0 Å². The average Bonchev–Trinajstić information content (AvgIpc) is 3.09. The first-order valence-corrected chi connectivity index (χ1v) is 7.37. The fraction of sp³-hybridized carbons (Fsp3) is 0.467. The molecular formula is C15H18N4O2. The maximum absolute atomic E-state index is 5.94. The van der Waals surface area contributed by atoms with E-state index in [9.17, 15) is 0 Å². The second kappa shape index (κ2) is 5.04. The Hall–Kier alpha value is -2.08. The van der Waals surface area contributed by atoms with Gasteiger partial charge >= 0.3 is 0 Å². The Balaban J connectivity index is 1.49. The van der Waals surface area contributed by atoms with Crippen LogP contribution >= 0.6 is 0 Å². The Morgan fingerprint density at radius 1 is 1.33 bits per heavy atom. The minimum absolute atomic E-state index is 0.0300. The second-order valence-corrected chi connectivity index (χ2v) is 5.55. The molecule has 0 aliphatic carbocycles. The molecule has 0 bridgehead atoms. The molecular weight excluding hydrogens is 268 g/mol. The van der Waals surface area contributed by atoms with Crippen LogP contribution in [0.5, 0.6) is 11.5 Å². The van der Waals surface area contributed by atoms with Crippen LogP contribution in [0, 0.1) is 0 Å². The van der Waals surface area contributed by atoms with Gasteiger partial charge in [0, 0.05) is 24.6 Å². The van der Waals surface area contributed by atoms with Crippen molar-refractivity contribution in [1.82, 2.24) is 14.8 Å². The molecule has 1 unspecified atom stereocenters. The summed E-state index contributed by atoms with van der Waals surface area (Å²) in [6.45, 7) is 1.96. The van der Waals surface area contributed by atoms with E-state index < -0.39 is 0 Å². The van der Waals surface area contributed by atoms with Crippen LogP contribution in [0.15, 0.2) is 18.2 Å². The quantitative estimate of drug-likeness (QED) is 0.927. The fourth-order valence-electron chi connectivity index (χ4n) is 2.93. The number of aromatic nitrogens is 3. The number of nitrogens with two attached hydrogens (primary N) is 1. The highest BCUT2D eigenvalue weighted by molar-refractivity contribution is 5.44. The van der Waals surface area contributed by atoms with E-state index in [-0.39, 0.29) is 6.04 Å². The van der Waals surface area contributed by atoms with Crippen molar-refractivity contribution in [2.45, 2.75) is 38.5 Å². The monoisotopic (exact) mass is 286 g/mol. The smallest absolute Gasteiger partial charge is 0.171 e. The predicted octanol–water partition coefficient (Wildman–Crippen LogP) is 1.59. The van der Waals surface area contributed by atoms with Crippen molar-refractivity contribution in [3.05, 3.63) is 35.4 Å². The minimum Gasteiger partial charge on any atom is -0.491 e. The molecule has 0 fully saturated rings. The lowest BCUT2D eigenvalue weighted by Crippen LogP contribution is -2.14. The molecule has 1 aromatic heterocycles. The van der Waals surface area contributed by atoms with E-state index in [1.54, 1.807) is 0 Å². The Morgan fingerprint density at radius 3 is 3.24 bits per heavy atom. The second-order valence-electron chi connectivity index (χ2n) is 5.55. The van der Waals surface area contributed by atoms with Crippen LogP contribution in [0.2, 0.25) is 0 Å². The van der Waals surface area contributed by atoms with Gasteiger partial charge in [0.25, 0.3) is 0 Å². The number of fused-ring (bicyclic) bond motifs is 2. The van der Waals surface area contributed by atoms with Gasteiger partial charge in [-0.05, 0) is 25.0 Å². The van der Waals surface area contributed by atoms with E-state index in [4.69, 9.17) is 15.2 Å². The van der Waals surface area contributed by atoms with Gasteiger partial charge in [0.1, 0.15) is 30.5 Å². The summed E-state index contributed by atoms with van der Waals surface area (Å²) in [4.78, 5) is 0. The average molecular weight is 286 g/mol. The van der Waals surface area contributed by atoms with Crippen molar-refractivity contribution >= 4 is 0 Å². The first-order valence-electron chi connectivity index (χ1n) is 7.37. The summed E-state index contributed by atoms with van der Waals surface area (Å²) in [5.41, 5.74) is 6.98. The fourth-order valence-corrected chi connectivity index (χ4v) is 2.93. The number of benzene rings is 1. The van der Waals surface area contributed by atoms with Gasteiger partial charge in [0.15, 0.2) is 5.82 Å². The molecule has 2 aliphatic heterocycles. The number of rotatable bonds is 3. The molecule has 1 aromatic carbocycles. The summed E-state index contributed by atoms with van der Waals surface area (Å²) >= 11 is 0. The molecule has 4 rings (SSSR count). The lowest BCUT2D eigenvalue weighted by molar-refractivity contribution is 0.283. The maximum atomic E-state index is 5.94. The third-order valence-corrected chi connectivity index (χ3v) is 4.11. The standard InChI is InChI=1S/C15H18N4O2/c16-12-8-21-13-7-10(4-5-11(12)13)20-9-15-18-17-14-3-1-2-6-19(14)15/h4-5,7,12H,1-3,6,8-9,16H2. The molecule has 6 heteroatoms. The minimum atomic E-state index is -0.0300. The normalized spacial score (nSPS) is 19.8. The highest BCUT2D eigenvalue weighted by Crippen LogP contribution is 2.34. The molecule has 6 nitrogen and oxygen atoms in total. The van der Waals surface area contributed by atoms with Crippen LogP contribution in [0.1, 0.15) is 36.1 Å². The van der Waals surface area contributed by atoms with E-state index in [0.29, 0.717) is 13.2 Å². The van der Waals surface area contributed by atoms with Crippen molar-refractivity contribution in [3.8, 4) is 11.5 Å². The van der Waals surface area contributed by atoms with Gasteiger partial charge in [-0.3, -0.25) is 0 Å². The molecule has 2 N–H and O–H groups in total. The van der Waals surface area contributed by atoms with Crippen LogP contribution < -0.4 is 15.2 Å². The zero-order valence-electron chi connectivity index (χ0n) is 11.8. The summed E-state index contributed by atoms with van der Waals surface area (Å²) in [6.07, 6.45) is 3.39. The number of hydrogen-bond donors (Lipinski definition) is 1. The lowest BCUT2D eigenvalue weighted by Gasteiger charge is -2.15. The molecule has 110 valence electrons. The van der Waals surface area contributed by atoms with Crippen molar-refractivity contribution < 1.29 is 9.47 Å². The number of hydrogen-bond acceptors (Lipinski definition) is 5. The Kier molecular flexibility index (Phi) is 3.03. The number of ether oxygens (including phenoxy) is 2. The van der Waals surface area contributed by atoms with Crippen LogP contribution in [0.4, 0.5) is 0 Å². The zero-order chi connectivity index (χ0) is 14.2. The van der Waals surface area contributed by atoms with Gasteiger partial charge in [-0.25, -0.2) is 0 Å². The largest absolute Gasteiger partial charge is 0.491 e. The molecule has 3 heterocycles. The third kappa shape index (κ3) is 2.25. The summed E-state index contributed by atoms with van der Waals surface area (Å²) in [5, 5.41) is 8.46. The highest BCUT2D eigenvalue weighted by Gasteiger charge is 2.21. The van der Waals surface area contributed by atoms with Gasteiger partial charge in [0.2, 0.25) is 0 Å². The van der Waals surface area contributed by atoms with Crippen molar-refractivity contribution in [1.29, 1.82) is 0 Å². The molecule has 1 atom stereocenters. The predicted molar refractivity (Wildman–Crippen MR) is 76.2 cm³/mol. The van der Waals surface area contributed by atoms with Gasteiger partial charge in [-0.15, -0.1) is 10.2 Å². The lowest BCUT2D eigenvalue weighted by atomic mass is 10.1. The van der Waals surface area contributed by atoms with Gasteiger partial charge in [-0.1, -0.05) is 0 Å². The number of aryl methyl sites for hydroxylation is 1. The summed E-state index contributed by atoms with van der Waals surface area (Å²) in [7, 11) is 0. The van der Waals surface area contributed by atoms with E-state index in [1.807, 2.05) is 18.2 Å². The molecule has 2 aliphatic rings. The third-order valence-electron chi connectivity index (χ3n) is 4.11. The summed E-state index contributed by atoms with van der Waals surface area (Å²) in [5.74, 6) is 3.56. The van der Waals surface area contributed by atoms with Crippen LogP contribution in [0.3, 0.4) is 0 Å². The van der Waals surface area contributed by atoms with E-state index in [2.05, 4.69) is 14.8 Å². The zero-order valence-corrected chi connectivity index (χ0v) is 11.8. The summed E-state index contributed by atoms with van der Waals surface area (Å²) < 4.78 is 13.5. The highest BCUT2D eigenvalue weighted by atomic mass is 16.5. The van der Waals surface area contributed by atoms with E-state index in [1.165, 1.54) is 12.8 Å². The van der Waals surface area contributed by atoms with Gasteiger partial charge < -0.3 is 19.8 Å². The first kappa shape index (κ1) is 12.6. The Morgan fingerprint density at radius 2 is 2.29 bits per heavy atom. The molecule has 0 spiro atoms. The van der Waals surface area contributed by atoms with Crippen molar-refractivity contribution in [2.24, 2.45) is 5.73 Å². The summed E-state index contributed by atoms with van der Waals surface area (Å²) in [6, 6.07) is 5.77.